The van der Waals surface area contributed by atoms with E-state index in [2.05, 4.69) is 5.16 Å². The summed E-state index contributed by atoms with van der Waals surface area (Å²) in [6.07, 6.45) is -1.98. The molecule has 0 aromatic carbocycles. The summed E-state index contributed by atoms with van der Waals surface area (Å²) in [6.45, 7) is 1.64. The number of oxime groups is 1. The molecule has 64 valence electrons. The predicted molar refractivity (Wildman–Crippen MR) is 36.6 cm³/mol. The van der Waals surface area contributed by atoms with E-state index >= 15 is 0 Å². The Morgan fingerprint density at radius 3 is 2.36 bits per heavy atom. The Kier molecular flexibility index (Phi) is 2.43. The number of rotatable bonds is 1. The van der Waals surface area contributed by atoms with Gasteiger partial charge in [0, 0.05) is 0 Å². The summed E-state index contributed by atoms with van der Waals surface area (Å²) in [4.78, 5) is 0. The second kappa shape index (κ2) is 3.17. The molecule has 1 saturated heterocycles. The third-order valence-electron chi connectivity index (χ3n) is 1.75. The van der Waals surface area contributed by atoms with Crippen molar-refractivity contribution in [1.29, 1.82) is 0 Å². The summed E-state index contributed by atoms with van der Waals surface area (Å²) in [6, 6.07) is 0. The number of hydrogen-bond acceptors (Lipinski definition) is 5. The lowest BCUT2D eigenvalue weighted by Crippen LogP contribution is -2.32. The molecule has 11 heavy (non-hydrogen) atoms. The number of hydrogen-bond donors (Lipinski definition) is 3. The Bertz CT molecular complexity index is 161. The Morgan fingerprint density at radius 1 is 1.36 bits per heavy atom. The second-order valence-corrected chi connectivity index (χ2v) is 2.55. The number of aliphatic hydroxyl groups is 2. The Labute approximate surface area is 63.9 Å². The molecular formula is C6H11NO4. The summed E-state index contributed by atoms with van der Waals surface area (Å²) in [7, 11) is 0. The van der Waals surface area contributed by atoms with Crippen molar-refractivity contribution < 1.29 is 20.2 Å². The molecule has 1 aliphatic heterocycles. The van der Waals surface area contributed by atoms with Gasteiger partial charge in [-0.15, -0.1) is 0 Å². The van der Waals surface area contributed by atoms with E-state index in [0.717, 1.165) is 6.21 Å². The van der Waals surface area contributed by atoms with Gasteiger partial charge < -0.3 is 20.2 Å². The van der Waals surface area contributed by atoms with Crippen LogP contribution in [0.3, 0.4) is 0 Å². The lowest BCUT2D eigenvalue weighted by molar-refractivity contribution is 0.0317. The summed E-state index contributed by atoms with van der Waals surface area (Å²) in [5.74, 6) is 0. The zero-order valence-electron chi connectivity index (χ0n) is 6.08. The second-order valence-electron chi connectivity index (χ2n) is 2.55. The first-order chi connectivity index (χ1) is 5.16. The van der Waals surface area contributed by atoms with Crippen LogP contribution in [-0.4, -0.2) is 46.1 Å². The summed E-state index contributed by atoms with van der Waals surface area (Å²) in [5, 5.41) is 29.2. The van der Waals surface area contributed by atoms with Crippen LogP contribution in [0.2, 0.25) is 0 Å². The van der Waals surface area contributed by atoms with E-state index in [0.29, 0.717) is 0 Å². The number of nitrogens with zero attached hydrogens (tertiary/aromatic N) is 1. The van der Waals surface area contributed by atoms with Crippen molar-refractivity contribution in [1.82, 2.24) is 0 Å². The standard InChI is InChI=1S/C6H11NO4/c1-3-5(8)6(9)4(11-3)2-7-10/h2-6,8-10H,1H3/b7-2-/t3-,4+,5?,6-/m0/s1. The summed E-state index contributed by atoms with van der Waals surface area (Å²) < 4.78 is 5.02. The monoisotopic (exact) mass is 161 g/mol. The normalized spacial score (nSPS) is 45.4. The lowest BCUT2D eigenvalue weighted by Gasteiger charge is -2.08. The van der Waals surface area contributed by atoms with E-state index in [1.165, 1.54) is 0 Å². The molecule has 0 spiro atoms. The minimum Gasteiger partial charge on any atom is -0.411 e. The van der Waals surface area contributed by atoms with Crippen molar-refractivity contribution in [2.75, 3.05) is 0 Å². The molecule has 0 amide bonds. The van der Waals surface area contributed by atoms with Gasteiger partial charge in [-0.25, -0.2) is 0 Å². The smallest absolute Gasteiger partial charge is 0.125 e. The van der Waals surface area contributed by atoms with E-state index in [1.54, 1.807) is 6.92 Å². The molecule has 4 atom stereocenters. The number of aliphatic hydroxyl groups excluding tert-OH is 2. The fourth-order valence-corrected chi connectivity index (χ4v) is 1.07. The minimum absolute atomic E-state index is 0.423. The first-order valence-corrected chi connectivity index (χ1v) is 3.36. The molecule has 1 unspecified atom stereocenters. The van der Waals surface area contributed by atoms with E-state index in [4.69, 9.17) is 15.1 Å². The average molecular weight is 161 g/mol. The first-order valence-electron chi connectivity index (χ1n) is 3.36. The maximum atomic E-state index is 9.18. The Hall–Kier alpha value is -0.650. The number of ether oxygens (including phenoxy) is 1. The van der Waals surface area contributed by atoms with Gasteiger partial charge in [0.15, 0.2) is 0 Å². The van der Waals surface area contributed by atoms with Crippen LogP contribution in [0.15, 0.2) is 5.16 Å². The highest BCUT2D eigenvalue weighted by atomic mass is 16.5. The molecule has 1 aliphatic rings. The SMILES string of the molecule is C[C@@H]1O[C@H](/C=N\O)[C@H](O)C1O. The zero-order valence-corrected chi connectivity index (χ0v) is 6.08. The molecule has 0 saturated carbocycles. The van der Waals surface area contributed by atoms with Crippen LogP contribution in [0.4, 0.5) is 0 Å². The Morgan fingerprint density at radius 2 is 2.00 bits per heavy atom. The quantitative estimate of drug-likeness (QED) is 0.260. The highest BCUT2D eigenvalue weighted by Crippen LogP contribution is 2.19. The van der Waals surface area contributed by atoms with Gasteiger partial charge in [0.1, 0.15) is 18.3 Å². The lowest BCUT2D eigenvalue weighted by atomic mass is 10.1. The van der Waals surface area contributed by atoms with Crippen LogP contribution in [-0.2, 0) is 4.74 Å². The molecule has 3 N–H and O–H groups in total. The van der Waals surface area contributed by atoms with Gasteiger partial charge in [0.2, 0.25) is 0 Å². The molecule has 0 bridgehead atoms. The molecular weight excluding hydrogens is 150 g/mol. The third-order valence-corrected chi connectivity index (χ3v) is 1.75. The molecule has 0 radical (unpaired) electrons. The molecule has 5 heteroatoms. The van der Waals surface area contributed by atoms with Crippen LogP contribution in [0.5, 0.6) is 0 Å². The third kappa shape index (κ3) is 1.50. The topological polar surface area (TPSA) is 82.3 Å². The fraction of sp³-hybridized carbons (Fsp3) is 0.833. The maximum Gasteiger partial charge on any atom is 0.125 e. The van der Waals surface area contributed by atoms with Gasteiger partial charge in [-0.3, -0.25) is 0 Å². The molecule has 1 fully saturated rings. The van der Waals surface area contributed by atoms with Gasteiger partial charge in [-0.2, -0.15) is 0 Å². The maximum absolute atomic E-state index is 9.18. The van der Waals surface area contributed by atoms with Crippen molar-refractivity contribution in [3.05, 3.63) is 0 Å². The van der Waals surface area contributed by atoms with Crippen molar-refractivity contribution >= 4 is 6.21 Å². The van der Waals surface area contributed by atoms with Crippen molar-refractivity contribution in [2.45, 2.75) is 31.3 Å². The molecule has 1 heterocycles. The van der Waals surface area contributed by atoms with Crippen LogP contribution >= 0.6 is 0 Å². The van der Waals surface area contributed by atoms with Gasteiger partial charge in [0.05, 0.1) is 12.3 Å². The van der Waals surface area contributed by atoms with Gasteiger partial charge in [-0.1, -0.05) is 5.16 Å². The minimum atomic E-state index is -0.999. The summed E-state index contributed by atoms with van der Waals surface area (Å²) in [5.41, 5.74) is 0. The highest BCUT2D eigenvalue weighted by molar-refractivity contribution is 5.63. The molecule has 5 nitrogen and oxygen atoms in total. The largest absolute Gasteiger partial charge is 0.411 e. The molecule has 0 aromatic rings. The van der Waals surface area contributed by atoms with Gasteiger partial charge >= 0.3 is 0 Å². The Balaban J connectivity index is 2.59. The van der Waals surface area contributed by atoms with E-state index in [1.807, 2.05) is 0 Å². The highest BCUT2D eigenvalue weighted by Gasteiger charge is 2.39. The van der Waals surface area contributed by atoms with Crippen molar-refractivity contribution in [3.8, 4) is 0 Å². The van der Waals surface area contributed by atoms with Crippen LogP contribution in [0.1, 0.15) is 6.92 Å². The molecule has 0 aromatic heterocycles. The van der Waals surface area contributed by atoms with Crippen LogP contribution in [0, 0.1) is 0 Å². The molecule has 1 rings (SSSR count). The van der Waals surface area contributed by atoms with Crippen molar-refractivity contribution in [3.63, 3.8) is 0 Å². The van der Waals surface area contributed by atoms with Crippen LogP contribution < -0.4 is 0 Å². The molecule has 0 aliphatic carbocycles. The van der Waals surface area contributed by atoms with Gasteiger partial charge in [0.25, 0.3) is 0 Å². The fourth-order valence-electron chi connectivity index (χ4n) is 1.07. The van der Waals surface area contributed by atoms with Crippen LogP contribution in [0.25, 0.3) is 0 Å². The zero-order chi connectivity index (χ0) is 8.43. The van der Waals surface area contributed by atoms with Gasteiger partial charge in [-0.05, 0) is 6.92 Å². The predicted octanol–water partition coefficient (Wildman–Crippen LogP) is -1.04. The summed E-state index contributed by atoms with van der Waals surface area (Å²) >= 11 is 0. The average Bonchev–Trinajstić information content (AvgIpc) is 2.19. The van der Waals surface area contributed by atoms with E-state index < -0.39 is 24.4 Å². The van der Waals surface area contributed by atoms with E-state index in [-0.39, 0.29) is 0 Å². The first kappa shape index (κ1) is 8.45. The van der Waals surface area contributed by atoms with Crippen molar-refractivity contribution in [2.24, 2.45) is 5.16 Å². The van der Waals surface area contributed by atoms with E-state index in [9.17, 15) is 5.11 Å².